The maximum Gasteiger partial charge on any atom is 0.331 e. The van der Waals surface area contributed by atoms with E-state index >= 15 is 0 Å². The maximum absolute atomic E-state index is 11.2. The van der Waals surface area contributed by atoms with Crippen molar-refractivity contribution < 1.29 is 48.5 Å². The molecule has 11 heteroatoms. The molecule has 0 bridgehead atoms. The molecule has 0 spiro atoms. The Morgan fingerprint density at radius 3 is 1.67 bits per heavy atom. The van der Waals surface area contributed by atoms with Crippen LogP contribution >= 0.6 is 0 Å². The number of carbonyl (C=O) groups is 6. The fourth-order valence-corrected chi connectivity index (χ4v) is 0.939. The van der Waals surface area contributed by atoms with E-state index in [1.54, 1.807) is 0 Å². The fourth-order valence-electron chi connectivity index (χ4n) is 0.939. The highest BCUT2D eigenvalue weighted by atomic mass is 16.6. The van der Waals surface area contributed by atoms with Crippen LogP contribution in [-0.4, -0.2) is 52.1 Å². The van der Waals surface area contributed by atoms with Gasteiger partial charge in [0.05, 0.1) is 6.42 Å². The molecule has 0 saturated heterocycles. The van der Waals surface area contributed by atoms with Crippen LogP contribution in [0.1, 0.15) is 19.3 Å². The molecule has 0 aliphatic heterocycles. The SMILES string of the molecule is NC(CC(=O)OC(=O)CC(=O)O)C(=O)OC(=O)CC(=O)O. The number of esters is 4. The number of carboxylic acid groups (broad SMARTS) is 2. The van der Waals surface area contributed by atoms with Crippen LogP contribution in [0.3, 0.4) is 0 Å². The molecule has 0 heterocycles. The van der Waals surface area contributed by atoms with Crippen LogP contribution in [0, 0.1) is 0 Å². The molecular formula is C10H11NO10. The number of rotatable bonds is 7. The predicted octanol–water partition coefficient (Wildman–Crippen LogP) is -2.21. The smallest absolute Gasteiger partial charge is 0.331 e. The Hall–Kier alpha value is -2.82. The Kier molecular flexibility index (Phi) is 7.25. The van der Waals surface area contributed by atoms with Crippen molar-refractivity contribution in [2.45, 2.75) is 25.3 Å². The van der Waals surface area contributed by atoms with Gasteiger partial charge >= 0.3 is 35.8 Å². The van der Waals surface area contributed by atoms with Gasteiger partial charge in [-0.1, -0.05) is 0 Å². The first-order valence-electron chi connectivity index (χ1n) is 5.29. The largest absolute Gasteiger partial charge is 0.481 e. The van der Waals surface area contributed by atoms with Crippen molar-refractivity contribution in [1.29, 1.82) is 0 Å². The molecule has 0 aromatic rings. The summed E-state index contributed by atoms with van der Waals surface area (Å²) in [6.07, 6.45) is -2.98. The molecule has 0 aromatic heterocycles. The lowest BCUT2D eigenvalue weighted by molar-refractivity contribution is -0.168. The number of hydrogen-bond acceptors (Lipinski definition) is 9. The van der Waals surface area contributed by atoms with Crippen LogP contribution in [-0.2, 0) is 38.2 Å². The Morgan fingerprint density at radius 1 is 0.810 bits per heavy atom. The quantitative estimate of drug-likeness (QED) is 0.341. The number of carboxylic acids is 2. The van der Waals surface area contributed by atoms with E-state index in [9.17, 15) is 28.8 Å². The topological polar surface area (TPSA) is 187 Å². The second-order valence-electron chi connectivity index (χ2n) is 3.59. The van der Waals surface area contributed by atoms with Crippen LogP contribution in [0.25, 0.3) is 0 Å². The molecule has 11 nitrogen and oxygen atoms in total. The van der Waals surface area contributed by atoms with Gasteiger partial charge < -0.3 is 25.4 Å². The van der Waals surface area contributed by atoms with Gasteiger partial charge in [-0.2, -0.15) is 0 Å². The summed E-state index contributed by atoms with van der Waals surface area (Å²) in [4.78, 5) is 64.2. The Bertz CT molecular complexity index is 482. The van der Waals surface area contributed by atoms with E-state index in [4.69, 9.17) is 15.9 Å². The number of hydrogen-bond donors (Lipinski definition) is 3. The monoisotopic (exact) mass is 305 g/mol. The zero-order chi connectivity index (χ0) is 16.6. The second kappa shape index (κ2) is 8.37. The van der Waals surface area contributed by atoms with Crippen molar-refractivity contribution in [3.8, 4) is 0 Å². The van der Waals surface area contributed by atoms with Crippen molar-refractivity contribution in [3.05, 3.63) is 0 Å². The van der Waals surface area contributed by atoms with E-state index in [2.05, 4.69) is 9.47 Å². The number of nitrogens with two attached hydrogens (primary N) is 1. The second-order valence-corrected chi connectivity index (χ2v) is 3.59. The molecule has 0 radical (unpaired) electrons. The van der Waals surface area contributed by atoms with Gasteiger partial charge in [-0.05, 0) is 0 Å². The summed E-state index contributed by atoms with van der Waals surface area (Å²) in [6.45, 7) is 0. The Morgan fingerprint density at radius 2 is 1.24 bits per heavy atom. The first-order chi connectivity index (χ1) is 9.61. The number of aliphatic carboxylic acids is 2. The van der Waals surface area contributed by atoms with Crippen molar-refractivity contribution in [2.75, 3.05) is 0 Å². The lowest BCUT2D eigenvalue weighted by Crippen LogP contribution is -2.37. The van der Waals surface area contributed by atoms with E-state index in [-0.39, 0.29) is 0 Å². The summed E-state index contributed by atoms with van der Waals surface area (Å²) in [6, 6.07) is -1.67. The summed E-state index contributed by atoms with van der Waals surface area (Å²) >= 11 is 0. The van der Waals surface area contributed by atoms with Gasteiger partial charge in [0, 0.05) is 0 Å². The van der Waals surface area contributed by atoms with E-state index in [1.165, 1.54) is 0 Å². The standard InChI is InChI=1S/C10H11NO10/c11-4(10(19)21-9(18)3-6(14)15)1-7(16)20-8(17)2-5(12)13/h4H,1-3,11H2,(H,12,13)(H,14,15). The van der Waals surface area contributed by atoms with Gasteiger partial charge in [-0.25, -0.2) is 4.79 Å². The third-order valence-electron chi connectivity index (χ3n) is 1.72. The normalized spacial score (nSPS) is 11.1. The zero-order valence-corrected chi connectivity index (χ0v) is 10.4. The minimum atomic E-state index is -1.67. The average Bonchev–Trinajstić information content (AvgIpc) is 2.25. The van der Waals surface area contributed by atoms with E-state index in [0.717, 1.165) is 0 Å². The molecule has 1 unspecified atom stereocenters. The molecular weight excluding hydrogens is 294 g/mol. The lowest BCUT2D eigenvalue weighted by Gasteiger charge is -2.08. The summed E-state index contributed by atoms with van der Waals surface area (Å²) in [5.41, 5.74) is 5.17. The van der Waals surface area contributed by atoms with Gasteiger partial charge in [0.1, 0.15) is 18.9 Å². The van der Waals surface area contributed by atoms with Crippen molar-refractivity contribution in [1.82, 2.24) is 0 Å². The zero-order valence-electron chi connectivity index (χ0n) is 10.4. The predicted molar refractivity (Wildman–Crippen MR) is 59.3 cm³/mol. The highest BCUT2D eigenvalue weighted by molar-refractivity contribution is 5.99. The average molecular weight is 305 g/mol. The van der Waals surface area contributed by atoms with Crippen molar-refractivity contribution in [2.24, 2.45) is 5.73 Å². The van der Waals surface area contributed by atoms with E-state index < -0.39 is 61.1 Å². The van der Waals surface area contributed by atoms with Gasteiger partial charge in [-0.3, -0.25) is 24.0 Å². The van der Waals surface area contributed by atoms with Crippen LogP contribution in [0.15, 0.2) is 0 Å². The first-order valence-corrected chi connectivity index (χ1v) is 5.29. The molecule has 0 aliphatic rings. The number of carbonyl (C=O) groups excluding carboxylic acids is 4. The first kappa shape index (κ1) is 18.2. The summed E-state index contributed by atoms with van der Waals surface area (Å²) in [5, 5.41) is 16.5. The minimum Gasteiger partial charge on any atom is -0.481 e. The molecule has 116 valence electrons. The van der Waals surface area contributed by atoms with E-state index in [0.29, 0.717) is 0 Å². The van der Waals surface area contributed by atoms with Gasteiger partial charge in [0.15, 0.2) is 0 Å². The molecule has 0 amide bonds. The van der Waals surface area contributed by atoms with Crippen molar-refractivity contribution in [3.63, 3.8) is 0 Å². The molecule has 0 aliphatic carbocycles. The maximum atomic E-state index is 11.2. The molecule has 1 atom stereocenters. The summed E-state index contributed by atoms with van der Waals surface area (Å²) in [5.74, 6) is -8.45. The molecule has 0 aromatic carbocycles. The Balaban J connectivity index is 4.25. The molecule has 4 N–H and O–H groups in total. The lowest BCUT2D eigenvalue weighted by atomic mass is 10.2. The van der Waals surface area contributed by atoms with Gasteiger partial charge in [-0.15, -0.1) is 0 Å². The van der Waals surface area contributed by atoms with E-state index in [1.807, 2.05) is 0 Å². The molecule has 21 heavy (non-hydrogen) atoms. The highest BCUT2D eigenvalue weighted by Crippen LogP contribution is 1.99. The number of ether oxygens (including phenoxy) is 2. The summed E-state index contributed by atoms with van der Waals surface area (Å²) in [7, 11) is 0. The van der Waals surface area contributed by atoms with Crippen LogP contribution in [0.2, 0.25) is 0 Å². The molecule has 0 fully saturated rings. The van der Waals surface area contributed by atoms with Gasteiger partial charge in [0.25, 0.3) is 0 Å². The molecule has 0 rings (SSSR count). The fraction of sp³-hybridized carbons (Fsp3) is 0.400. The highest BCUT2D eigenvalue weighted by Gasteiger charge is 2.25. The third-order valence-corrected chi connectivity index (χ3v) is 1.72. The van der Waals surface area contributed by atoms with Crippen LogP contribution in [0.4, 0.5) is 0 Å². The third kappa shape index (κ3) is 8.83. The van der Waals surface area contributed by atoms with Gasteiger partial charge in [0.2, 0.25) is 0 Å². The Labute approximate surface area is 116 Å². The minimum absolute atomic E-state index is 0.857. The summed E-state index contributed by atoms with van der Waals surface area (Å²) < 4.78 is 8.05. The van der Waals surface area contributed by atoms with Crippen molar-refractivity contribution >= 4 is 35.8 Å². The molecule has 0 saturated carbocycles. The van der Waals surface area contributed by atoms with Crippen LogP contribution < -0.4 is 5.73 Å². The van der Waals surface area contributed by atoms with Crippen LogP contribution in [0.5, 0.6) is 0 Å².